The molecule has 0 N–H and O–H groups in total. The second kappa shape index (κ2) is 7.58. The van der Waals surface area contributed by atoms with Gasteiger partial charge in [0.25, 0.3) is 0 Å². The molecular formula is C23H26ClN. The summed E-state index contributed by atoms with van der Waals surface area (Å²) in [7, 11) is 0. The summed E-state index contributed by atoms with van der Waals surface area (Å²) in [6.07, 6.45) is 2.97. The average Bonchev–Trinajstić information content (AvgIpc) is 3.02. The lowest BCUT2D eigenvalue weighted by molar-refractivity contribution is 0.749. The normalized spacial score (nSPS) is 15.5. The first-order chi connectivity index (χ1) is 12.0. The predicted octanol–water partition coefficient (Wildman–Crippen LogP) is 7.08. The van der Waals surface area contributed by atoms with Gasteiger partial charge in [0.2, 0.25) is 0 Å². The summed E-state index contributed by atoms with van der Waals surface area (Å²) in [6.45, 7) is 8.60. The molecule has 1 unspecified atom stereocenters. The van der Waals surface area contributed by atoms with E-state index in [2.05, 4.69) is 70.2 Å². The smallest absolute Gasteiger partial charge is 0.109 e. The van der Waals surface area contributed by atoms with Crippen LogP contribution in [0.3, 0.4) is 0 Å². The Morgan fingerprint density at radius 1 is 1.08 bits per heavy atom. The van der Waals surface area contributed by atoms with Crippen molar-refractivity contribution in [2.24, 2.45) is 10.9 Å². The lowest BCUT2D eigenvalue weighted by Gasteiger charge is -2.12. The van der Waals surface area contributed by atoms with Crippen molar-refractivity contribution in [3.8, 4) is 11.1 Å². The third kappa shape index (κ3) is 3.57. The number of halogens is 1. The van der Waals surface area contributed by atoms with Crippen molar-refractivity contribution in [1.29, 1.82) is 0 Å². The second-order valence-corrected chi connectivity index (χ2v) is 7.32. The number of hydrogen-bond acceptors (Lipinski definition) is 1. The fourth-order valence-corrected chi connectivity index (χ4v) is 3.49. The molecule has 3 rings (SSSR count). The first-order valence-corrected chi connectivity index (χ1v) is 9.58. The van der Waals surface area contributed by atoms with Crippen LogP contribution in [0.4, 0.5) is 0 Å². The summed E-state index contributed by atoms with van der Waals surface area (Å²) in [4.78, 5) is 4.82. The van der Waals surface area contributed by atoms with Crippen molar-refractivity contribution in [1.82, 2.24) is 0 Å². The van der Waals surface area contributed by atoms with Crippen LogP contribution in [0.5, 0.6) is 0 Å². The van der Waals surface area contributed by atoms with E-state index < -0.39 is 0 Å². The summed E-state index contributed by atoms with van der Waals surface area (Å²) in [5.74, 6) is 0.292. The molecule has 0 radical (unpaired) electrons. The Hall–Kier alpha value is -1.86. The molecule has 25 heavy (non-hydrogen) atoms. The van der Waals surface area contributed by atoms with Crippen molar-refractivity contribution < 1.29 is 0 Å². The highest BCUT2D eigenvalue weighted by atomic mass is 35.5. The zero-order chi connectivity index (χ0) is 18.0. The highest BCUT2D eigenvalue weighted by molar-refractivity contribution is 6.66. The molecule has 1 atom stereocenters. The van der Waals surface area contributed by atoms with Gasteiger partial charge in [0.15, 0.2) is 0 Å². The minimum absolute atomic E-state index is 0.292. The van der Waals surface area contributed by atoms with E-state index in [1.807, 2.05) is 0 Å². The maximum absolute atomic E-state index is 6.48. The third-order valence-corrected chi connectivity index (χ3v) is 5.70. The summed E-state index contributed by atoms with van der Waals surface area (Å²) in [6, 6.07) is 15.4. The van der Waals surface area contributed by atoms with Crippen molar-refractivity contribution >= 4 is 22.5 Å². The molecular weight excluding hydrogens is 326 g/mol. The van der Waals surface area contributed by atoms with Gasteiger partial charge >= 0.3 is 0 Å². The van der Waals surface area contributed by atoms with Gasteiger partial charge in [-0.25, -0.2) is 4.99 Å². The van der Waals surface area contributed by atoms with Gasteiger partial charge < -0.3 is 0 Å². The van der Waals surface area contributed by atoms with Gasteiger partial charge in [0.05, 0.1) is 5.70 Å². The number of fused-ring (bicyclic) bond motifs is 3. The number of benzene rings is 2. The Morgan fingerprint density at radius 2 is 1.80 bits per heavy atom. The van der Waals surface area contributed by atoms with Crippen molar-refractivity contribution in [3.63, 3.8) is 0 Å². The molecule has 2 aromatic rings. The van der Waals surface area contributed by atoms with Crippen LogP contribution >= 0.6 is 11.6 Å². The van der Waals surface area contributed by atoms with Crippen molar-refractivity contribution in [2.45, 2.75) is 47.0 Å². The van der Waals surface area contributed by atoms with E-state index in [1.54, 1.807) is 0 Å². The van der Waals surface area contributed by atoms with Crippen LogP contribution in [0, 0.1) is 5.92 Å². The molecule has 2 heteroatoms. The summed E-state index contributed by atoms with van der Waals surface area (Å²) in [5.41, 5.74) is 8.99. The minimum Gasteiger partial charge on any atom is -0.240 e. The maximum atomic E-state index is 6.48. The summed E-state index contributed by atoms with van der Waals surface area (Å²) >= 11 is 6.48. The fraction of sp³-hybridized carbons (Fsp3) is 0.348. The van der Waals surface area contributed by atoms with Gasteiger partial charge in [-0.05, 0) is 60.1 Å². The standard InChI is InChI=1S/C23H26ClN/c1-5-15(3)22(25-23(24)16(4)6-2)18-11-12-21-19(14-18)13-17-9-7-8-10-20(17)21/h7-12,14,16H,5-6,13H2,1-4H3/b22-15-,25-23?. The third-order valence-electron chi connectivity index (χ3n) is 5.24. The summed E-state index contributed by atoms with van der Waals surface area (Å²) < 4.78 is 0. The Kier molecular flexibility index (Phi) is 5.44. The van der Waals surface area contributed by atoms with E-state index in [-0.39, 0.29) is 0 Å². The average molecular weight is 352 g/mol. The lowest BCUT2D eigenvalue weighted by atomic mass is 9.99. The Balaban J connectivity index is 2.04. The molecule has 0 spiro atoms. The van der Waals surface area contributed by atoms with E-state index in [4.69, 9.17) is 16.6 Å². The zero-order valence-corrected chi connectivity index (χ0v) is 16.3. The molecule has 0 amide bonds. The molecule has 130 valence electrons. The van der Waals surface area contributed by atoms with E-state index in [0.717, 1.165) is 25.0 Å². The van der Waals surface area contributed by atoms with E-state index in [1.165, 1.54) is 33.4 Å². The number of nitrogens with zero attached hydrogens (tertiary/aromatic N) is 1. The SMILES string of the molecule is CC/C(C)=C(\N=C(Cl)C(C)CC)c1ccc2c(c1)Cc1ccccc1-2. The largest absolute Gasteiger partial charge is 0.240 e. The number of hydrogen-bond donors (Lipinski definition) is 0. The highest BCUT2D eigenvalue weighted by Crippen LogP contribution is 2.38. The molecule has 1 aliphatic carbocycles. The van der Waals surface area contributed by atoms with E-state index in [9.17, 15) is 0 Å². The van der Waals surface area contributed by atoms with Crippen LogP contribution in [-0.4, -0.2) is 5.17 Å². The van der Waals surface area contributed by atoms with E-state index >= 15 is 0 Å². The number of rotatable bonds is 5. The molecule has 0 aliphatic heterocycles. The van der Waals surface area contributed by atoms with Crippen LogP contribution < -0.4 is 0 Å². The monoisotopic (exact) mass is 351 g/mol. The van der Waals surface area contributed by atoms with Crippen molar-refractivity contribution in [3.05, 3.63) is 64.7 Å². The van der Waals surface area contributed by atoms with Gasteiger partial charge in [-0.3, -0.25) is 0 Å². The molecule has 2 aromatic carbocycles. The fourth-order valence-electron chi connectivity index (χ4n) is 3.25. The number of aliphatic imine (C=N–C) groups is 1. The van der Waals surface area contributed by atoms with Crippen LogP contribution in [0.1, 0.15) is 57.2 Å². The van der Waals surface area contributed by atoms with Gasteiger partial charge in [0, 0.05) is 11.5 Å². The topological polar surface area (TPSA) is 12.4 Å². The van der Waals surface area contributed by atoms with Crippen LogP contribution in [-0.2, 0) is 6.42 Å². The second-order valence-electron chi connectivity index (χ2n) is 6.93. The Labute approximate surface area is 156 Å². The first-order valence-electron chi connectivity index (χ1n) is 9.20. The molecule has 0 bridgehead atoms. The van der Waals surface area contributed by atoms with Crippen LogP contribution in [0.25, 0.3) is 16.8 Å². The highest BCUT2D eigenvalue weighted by Gasteiger charge is 2.19. The number of allylic oxidation sites excluding steroid dienone is 1. The van der Waals surface area contributed by atoms with Gasteiger partial charge in [0.1, 0.15) is 5.17 Å². The molecule has 0 aromatic heterocycles. The van der Waals surface area contributed by atoms with Gasteiger partial charge in [-0.2, -0.15) is 0 Å². The molecule has 0 fully saturated rings. The molecule has 1 aliphatic rings. The van der Waals surface area contributed by atoms with Gasteiger partial charge in [-0.1, -0.05) is 68.8 Å². The molecule has 0 saturated carbocycles. The predicted molar refractivity (Wildman–Crippen MR) is 110 cm³/mol. The summed E-state index contributed by atoms with van der Waals surface area (Å²) in [5, 5.41) is 0.703. The zero-order valence-electron chi connectivity index (χ0n) is 15.6. The Morgan fingerprint density at radius 3 is 2.52 bits per heavy atom. The van der Waals surface area contributed by atoms with Crippen molar-refractivity contribution in [2.75, 3.05) is 0 Å². The quantitative estimate of drug-likeness (QED) is 0.435. The first kappa shape index (κ1) is 17.9. The van der Waals surface area contributed by atoms with Crippen LogP contribution in [0.15, 0.2) is 53.0 Å². The van der Waals surface area contributed by atoms with E-state index in [0.29, 0.717) is 11.1 Å². The lowest BCUT2D eigenvalue weighted by Crippen LogP contribution is -2.03. The maximum Gasteiger partial charge on any atom is 0.109 e. The Bertz CT molecular complexity index is 845. The molecule has 0 saturated heterocycles. The molecule has 0 heterocycles. The molecule has 1 nitrogen and oxygen atoms in total. The van der Waals surface area contributed by atoms with Gasteiger partial charge in [-0.15, -0.1) is 0 Å². The van der Waals surface area contributed by atoms with Crippen LogP contribution in [0.2, 0.25) is 0 Å². The minimum atomic E-state index is 0.292.